The van der Waals surface area contributed by atoms with Crippen LogP contribution in [0, 0.1) is 11.8 Å². The van der Waals surface area contributed by atoms with Crippen LogP contribution >= 0.6 is 0 Å². The number of carbonyl (C=O) groups is 2. The van der Waals surface area contributed by atoms with Crippen LogP contribution in [0.3, 0.4) is 0 Å². The zero-order valence-corrected chi connectivity index (χ0v) is 19.6. The minimum absolute atomic E-state index is 0.0118. The van der Waals surface area contributed by atoms with Gasteiger partial charge in [-0.2, -0.15) is 0 Å². The topological polar surface area (TPSA) is 85.2 Å². The lowest BCUT2D eigenvalue weighted by molar-refractivity contribution is -0.117. The largest absolute Gasteiger partial charge is 0.370 e. The fraction of sp³-hybridized carbons (Fsp3) is 0.640. The summed E-state index contributed by atoms with van der Waals surface area (Å²) in [6, 6.07) is 3.67. The van der Waals surface area contributed by atoms with Crippen LogP contribution < -0.4 is 10.6 Å². The van der Waals surface area contributed by atoms with Gasteiger partial charge in [-0.1, -0.05) is 26.7 Å². The molecule has 0 bridgehead atoms. The van der Waals surface area contributed by atoms with E-state index >= 15 is 0 Å². The van der Waals surface area contributed by atoms with Crippen LogP contribution in [-0.4, -0.2) is 34.5 Å². The zero-order valence-electron chi connectivity index (χ0n) is 19.6. The molecule has 2 heterocycles. The molecular formula is C25H36N4O3. The molecule has 1 aromatic carbocycles. The van der Waals surface area contributed by atoms with Gasteiger partial charge in [0.25, 0.3) is 5.91 Å². The molecule has 7 heteroatoms. The van der Waals surface area contributed by atoms with Gasteiger partial charge in [0.1, 0.15) is 11.9 Å². The first-order valence-corrected chi connectivity index (χ1v) is 12.1. The Morgan fingerprint density at radius 2 is 1.97 bits per heavy atom. The third-order valence-corrected chi connectivity index (χ3v) is 6.71. The molecule has 32 heavy (non-hydrogen) atoms. The van der Waals surface area contributed by atoms with E-state index in [9.17, 15) is 9.59 Å². The molecule has 2 aromatic rings. The van der Waals surface area contributed by atoms with E-state index < -0.39 is 0 Å². The van der Waals surface area contributed by atoms with Crippen molar-refractivity contribution in [2.75, 3.05) is 18.5 Å². The van der Waals surface area contributed by atoms with Gasteiger partial charge in [0, 0.05) is 32.3 Å². The van der Waals surface area contributed by atoms with Gasteiger partial charge in [0.15, 0.2) is 0 Å². The van der Waals surface area contributed by atoms with Crippen molar-refractivity contribution in [2.45, 2.75) is 71.3 Å². The number of nitrogens with zero attached hydrogens (tertiary/aromatic N) is 2. The van der Waals surface area contributed by atoms with Crippen LogP contribution in [0.15, 0.2) is 12.1 Å². The Morgan fingerprint density at radius 1 is 1.19 bits per heavy atom. The number of nitrogens with one attached hydrogen (secondary N) is 2. The summed E-state index contributed by atoms with van der Waals surface area (Å²) < 4.78 is 7.84. The van der Waals surface area contributed by atoms with Crippen LogP contribution in [0.5, 0.6) is 0 Å². The van der Waals surface area contributed by atoms with Gasteiger partial charge in [0.05, 0.1) is 16.6 Å². The maximum absolute atomic E-state index is 13.1. The minimum Gasteiger partial charge on any atom is -0.370 e. The molecular weight excluding hydrogens is 404 g/mol. The number of hydrogen-bond acceptors (Lipinski definition) is 4. The summed E-state index contributed by atoms with van der Waals surface area (Å²) >= 11 is 0. The van der Waals surface area contributed by atoms with E-state index in [1.54, 1.807) is 6.07 Å². The van der Waals surface area contributed by atoms with Gasteiger partial charge in [-0.25, -0.2) is 4.98 Å². The van der Waals surface area contributed by atoms with Crippen LogP contribution in [-0.2, 0) is 16.6 Å². The summed E-state index contributed by atoms with van der Waals surface area (Å²) in [5.41, 5.74) is 2.67. The van der Waals surface area contributed by atoms with Crippen molar-refractivity contribution in [3.63, 3.8) is 0 Å². The van der Waals surface area contributed by atoms with Crippen molar-refractivity contribution in [1.29, 1.82) is 0 Å². The first-order chi connectivity index (χ1) is 15.4. The Balaban J connectivity index is 1.63. The third-order valence-electron chi connectivity index (χ3n) is 6.71. The number of aromatic nitrogens is 2. The van der Waals surface area contributed by atoms with Gasteiger partial charge in [-0.3, -0.25) is 9.59 Å². The van der Waals surface area contributed by atoms with Crippen molar-refractivity contribution in [2.24, 2.45) is 18.9 Å². The lowest BCUT2D eigenvalue weighted by Crippen LogP contribution is -2.26. The first kappa shape index (κ1) is 22.8. The number of fused-ring (bicyclic) bond motifs is 1. The zero-order chi connectivity index (χ0) is 22.7. The number of ether oxygens (including phenoxy) is 1. The van der Waals surface area contributed by atoms with Gasteiger partial charge >= 0.3 is 0 Å². The van der Waals surface area contributed by atoms with Crippen LogP contribution in [0.2, 0.25) is 0 Å². The van der Waals surface area contributed by atoms with E-state index in [1.807, 2.05) is 17.7 Å². The monoisotopic (exact) mass is 440 g/mol. The highest BCUT2D eigenvalue weighted by Gasteiger charge is 2.26. The highest BCUT2D eigenvalue weighted by molar-refractivity contribution is 6.07. The summed E-state index contributed by atoms with van der Waals surface area (Å²) in [6.07, 6.45) is 8.02. The number of imidazole rings is 1. The highest BCUT2D eigenvalue weighted by Crippen LogP contribution is 2.33. The summed E-state index contributed by atoms with van der Waals surface area (Å²) in [6.45, 7) is 5.63. The number of benzene rings is 1. The van der Waals surface area contributed by atoms with Crippen molar-refractivity contribution >= 4 is 28.5 Å². The van der Waals surface area contributed by atoms with Gasteiger partial charge in [-0.05, 0) is 56.1 Å². The quantitative estimate of drug-likeness (QED) is 0.622. The first-order valence-electron chi connectivity index (χ1n) is 12.1. The fourth-order valence-corrected chi connectivity index (χ4v) is 4.94. The smallest absolute Gasteiger partial charge is 0.253 e. The van der Waals surface area contributed by atoms with E-state index in [0.29, 0.717) is 41.6 Å². The molecule has 1 aliphatic heterocycles. The van der Waals surface area contributed by atoms with Crippen molar-refractivity contribution in [3.05, 3.63) is 23.5 Å². The SMILES string of the molecule is CC(C)CCNC(=O)c1cc(NC(=O)CC2CCCC2)cc2nc(C3CCCO3)n(C)c12. The Labute approximate surface area is 190 Å². The molecule has 2 fully saturated rings. The maximum atomic E-state index is 13.1. The number of anilines is 1. The summed E-state index contributed by atoms with van der Waals surface area (Å²) in [5.74, 6) is 1.70. The molecule has 2 aliphatic rings. The van der Waals surface area contributed by atoms with E-state index in [4.69, 9.17) is 9.72 Å². The second kappa shape index (κ2) is 10.0. The predicted octanol–water partition coefficient (Wildman–Crippen LogP) is 4.72. The Bertz CT molecular complexity index is 969. The van der Waals surface area contributed by atoms with Gasteiger partial charge in [0.2, 0.25) is 5.91 Å². The highest BCUT2D eigenvalue weighted by atomic mass is 16.5. The molecule has 7 nitrogen and oxygen atoms in total. The molecule has 2 N–H and O–H groups in total. The Morgan fingerprint density at radius 3 is 2.66 bits per heavy atom. The molecule has 2 amide bonds. The predicted molar refractivity (Wildman–Crippen MR) is 126 cm³/mol. The van der Waals surface area contributed by atoms with Crippen LogP contribution in [0.25, 0.3) is 11.0 Å². The second-order valence-electron chi connectivity index (χ2n) is 9.76. The van der Waals surface area contributed by atoms with E-state index in [2.05, 4.69) is 24.5 Å². The van der Waals surface area contributed by atoms with Gasteiger partial charge in [-0.15, -0.1) is 0 Å². The number of hydrogen-bond donors (Lipinski definition) is 2. The molecule has 1 aliphatic carbocycles. The van der Waals surface area contributed by atoms with E-state index in [-0.39, 0.29) is 17.9 Å². The molecule has 1 atom stereocenters. The van der Waals surface area contributed by atoms with E-state index in [0.717, 1.165) is 50.1 Å². The molecule has 4 rings (SSSR count). The molecule has 1 saturated heterocycles. The number of aryl methyl sites for hydroxylation is 1. The van der Waals surface area contributed by atoms with Crippen LogP contribution in [0.4, 0.5) is 5.69 Å². The molecule has 0 radical (unpaired) electrons. The fourth-order valence-electron chi connectivity index (χ4n) is 4.94. The van der Waals surface area contributed by atoms with Gasteiger partial charge < -0.3 is 19.9 Å². The normalized spacial score (nSPS) is 19.2. The standard InChI is InChI=1S/C25H36N4O3/c1-16(2)10-11-26-25(31)19-14-18(27-22(30)13-17-7-4-5-8-17)15-20-23(19)29(3)24(28-20)21-9-6-12-32-21/h14-17,21H,4-13H2,1-3H3,(H,26,31)(H,27,30). The average Bonchev–Trinajstić information content (AvgIpc) is 3.49. The Hall–Kier alpha value is -2.41. The lowest BCUT2D eigenvalue weighted by atomic mass is 10.0. The number of amides is 2. The molecule has 174 valence electrons. The number of rotatable bonds is 8. The molecule has 1 unspecified atom stereocenters. The van der Waals surface area contributed by atoms with E-state index in [1.165, 1.54) is 12.8 Å². The molecule has 0 spiro atoms. The molecule has 1 saturated carbocycles. The van der Waals surface area contributed by atoms with Crippen molar-refractivity contribution in [3.8, 4) is 0 Å². The second-order valence-corrected chi connectivity index (χ2v) is 9.76. The Kier molecular flexibility index (Phi) is 7.13. The minimum atomic E-state index is -0.135. The summed E-state index contributed by atoms with van der Waals surface area (Å²) in [5, 5.41) is 6.07. The number of carbonyl (C=O) groups excluding carboxylic acids is 2. The third kappa shape index (κ3) is 5.14. The summed E-state index contributed by atoms with van der Waals surface area (Å²) in [4.78, 5) is 30.6. The van der Waals surface area contributed by atoms with Crippen molar-refractivity contribution < 1.29 is 14.3 Å². The van der Waals surface area contributed by atoms with Crippen molar-refractivity contribution in [1.82, 2.24) is 14.9 Å². The lowest BCUT2D eigenvalue weighted by Gasteiger charge is -2.13. The maximum Gasteiger partial charge on any atom is 0.253 e. The average molecular weight is 441 g/mol. The molecule has 1 aromatic heterocycles. The summed E-state index contributed by atoms with van der Waals surface area (Å²) in [7, 11) is 1.94. The van der Waals surface area contributed by atoms with Crippen LogP contribution in [0.1, 0.15) is 87.5 Å².